The summed E-state index contributed by atoms with van der Waals surface area (Å²) in [6.07, 6.45) is 8.96. The summed E-state index contributed by atoms with van der Waals surface area (Å²) in [6, 6.07) is 12.5. The third-order valence-electron chi connectivity index (χ3n) is 7.09. The number of amides is 1. The Hall–Kier alpha value is -4.51. The second-order valence-corrected chi connectivity index (χ2v) is 9.83. The first-order valence-corrected chi connectivity index (χ1v) is 12.9. The van der Waals surface area contributed by atoms with Crippen LogP contribution in [0.4, 0.5) is 54.8 Å². The van der Waals surface area contributed by atoms with Crippen LogP contribution in [0.1, 0.15) is 47.7 Å². The van der Waals surface area contributed by atoms with Crippen molar-refractivity contribution in [3.8, 4) is 5.69 Å². The first-order valence-electron chi connectivity index (χ1n) is 12.9. The van der Waals surface area contributed by atoms with E-state index in [9.17, 15) is 9.18 Å². The minimum atomic E-state index is -0.271. The van der Waals surface area contributed by atoms with Crippen molar-refractivity contribution in [3.63, 3.8) is 0 Å². The van der Waals surface area contributed by atoms with E-state index in [-0.39, 0.29) is 22.5 Å². The molecule has 0 spiro atoms. The van der Waals surface area contributed by atoms with Crippen LogP contribution in [0.15, 0.2) is 65.7 Å². The van der Waals surface area contributed by atoms with Gasteiger partial charge < -0.3 is 9.47 Å². The number of aliphatic imine (C=N–C) groups is 1. The Kier molecular flexibility index (Phi) is 19.2. The number of carbonyl (C=O) groups excluding carboxylic acids is 1. The maximum absolute atomic E-state index is 13.6. The zero-order valence-electron chi connectivity index (χ0n) is 24.2. The van der Waals surface area contributed by atoms with Gasteiger partial charge in [-0.2, -0.15) is 0 Å². The second kappa shape index (κ2) is 21.3. The first kappa shape index (κ1) is 41.5. The quantitative estimate of drug-likeness (QED) is 0.200. The van der Waals surface area contributed by atoms with Crippen molar-refractivity contribution in [1.82, 2.24) is 19.4 Å². The lowest BCUT2D eigenvalue weighted by atomic mass is 9.99. The molecule has 0 N–H and O–H groups in total. The minimum absolute atomic E-state index is 0. The molecule has 3 aromatic rings. The lowest BCUT2D eigenvalue weighted by molar-refractivity contribution is -0.125. The number of carbonyl (C=O) groups is 1. The van der Waals surface area contributed by atoms with Crippen LogP contribution < -0.4 is 0 Å². The molecule has 256 valence electrons. The maximum atomic E-state index is 13.6. The van der Waals surface area contributed by atoms with Crippen LogP contribution in [-0.2, 0) is 4.79 Å². The van der Waals surface area contributed by atoms with Gasteiger partial charge in [0.1, 0.15) is 11.5 Å². The van der Waals surface area contributed by atoms with Crippen LogP contribution in [-0.4, -0.2) is 44.3 Å². The fourth-order valence-electron chi connectivity index (χ4n) is 5.08. The molecule has 1 aliphatic carbocycles. The molecular weight excluding hydrogens is 650 g/mol. The molecule has 6 nitrogen and oxygen atoms in total. The fraction of sp³-hybridized carbons (Fsp3) is 0.321. The van der Waals surface area contributed by atoms with E-state index < -0.39 is 0 Å². The number of hydrogen-bond acceptors (Lipinski definition) is 4. The van der Waals surface area contributed by atoms with E-state index in [1.807, 2.05) is 47.1 Å². The summed E-state index contributed by atoms with van der Waals surface area (Å²) in [5.41, 5.74) is 5.43. The van der Waals surface area contributed by atoms with E-state index in [0.29, 0.717) is 11.6 Å². The second-order valence-electron chi connectivity index (χ2n) is 9.83. The van der Waals surface area contributed by atoms with Gasteiger partial charge in [-0.05, 0) is 86.1 Å². The van der Waals surface area contributed by atoms with Gasteiger partial charge in [0, 0.05) is 70.7 Å². The molecule has 1 atom stereocenters. The lowest BCUT2D eigenvalue weighted by Gasteiger charge is -2.40. The monoisotopic (exact) mass is 679 g/mol. The van der Waals surface area contributed by atoms with Crippen molar-refractivity contribution in [2.45, 2.75) is 39.2 Å². The highest BCUT2D eigenvalue weighted by atomic mass is 20.0. The van der Waals surface area contributed by atoms with Crippen molar-refractivity contribution in [2.75, 3.05) is 13.1 Å². The van der Waals surface area contributed by atoms with Crippen molar-refractivity contribution < 1.29 is 59.6 Å². The first-order chi connectivity index (χ1) is 22.0. The highest BCUT2D eigenvalue weighted by Crippen LogP contribution is 2.38. The normalized spacial score (nSPS) is 16.6. The summed E-state index contributed by atoms with van der Waals surface area (Å²) in [5, 5.41) is 0. The molecule has 2 aliphatic heterocycles. The summed E-state index contributed by atoms with van der Waals surface area (Å²) in [5.74, 6) is 1.05. The summed E-state index contributed by atoms with van der Waals surface area (Å²) in [7, 11) is 0. The van der Waals surface area contributed by atoms with Crippen molar-refractivity contribution >= 4 is 17.9 Å². The molecule has 1 saturated heterocycles. The molecule has 2 aromatic carbocycles. The van der Waals surface area contributed by atoms with E-state index in [1.165, 1.54) is 25.0 Å². The molecule has 46 heavy (non-hydrogen) atoms. The molecular formula is C28H29F12N5O. The van der Waals surface area contributed by atoms with Crippen LogP contribution in [0.3, 0.4) is 0 Å². The van der Waals surface area contributed by atoms with Crippen LogP contribution >= 0.6 is 0 Å². The summed E-state index contributed by atoms with van der Waals surface area (Å²) < 4.78 is 95.6. The largest absolute Gasteiger partial charge is 0.342 e. The average Bonchev–Trinajstić information content (AvgIpc) is 3.72. The standard InChI is InChI=1S/C28H28FN5O.5F2.FH/c1-18-13-21(5-10-25(18)33-15-19(2)30-17-33)14-24-27(35)34-26(22-6-8-23(29)9-7-22)11-12-32(28(34)31-24)16-20-3-4-20;5*1-2;/h5-10,13-15,17,20,26H,3-4,11-12,16H2,1-2H3;;;;;;1H/b24-14-;;;;;;/t26-;;;;;;/m1....../s1. The van der Waals surface area contributed by atoms with Gasteiger partial charge >= 0.3 is 0 Å². The van der Waals surface area contributed by atoms with E-state index >= 15 is 0 Å². The van der Waals surface area contributed by atoms with E-state index in [4.69, 9.17) is 50.7 Å². The Morgan fingerprint density at radius 1 is 0.870 bits per heavy atom. The van der Waals surface area contributed by atoms with Gasteiger partial charge in [-0.25, -0.2) is 14.4 Å². The van der Waals surface area contributed by atoms with Crippen molar-refractivity contribution in [2.24, 2.45) is 10.9 Å². The third-order valence-corrected chi connectivity index (χ3v) is 7.09. The van der Waals surface area contributed by atoms with Gasteiger partial charge in [0.05, 0.1) is 18.1 Å². The number of imidazole rings is 1. The Morgan fingerprint density at radius 2 is 1.48 bits per heavy atom. The molecule has 0 unspecified atom stereocenters. The van der Waals surface area contributed by atoms with Gasteiger partial charge in [0.15, 0.2) is 0 Å². The SMILES string of the molecule is Cc1cn(-c2ccc(/C=C3\N=C4N(CC5CC5)CC[C@H](c5ccc(F)cc5)N4C3=O)cc2C)cn1.F.FF.FF.FF.FF.FF. The lowest BCUT2D eigenvalue weighted by Crippen LogP contribution is -2.51. The Bertz CT molecular complexity index is 1380. The number of guanidine groups is 1. The number of rotatable bonds is 5. The van der Waals surface area contributed by atoms with Crippen LogP contribution in [0.2, 0.25) is 0 Å². The fourth-order valence-corrected chi connectivity index (χ4v) is 5.08. The molecule has 3 heterocycles. The predicted molar refractivity (Wildman–Crippen MR) is 147 cm³/mol. The van der Waals surface area contributed by atoms with Gasteiger partial charge in [0.25, 0.3) is 5.91 Å². The van der Waals surface area contributed by atoms with Gasteiger partial charge in [-0.1, -0.05) is 18.2 Å². The number of hydrogen-bond donors (Lipinski definition) is 0. The summed E-state index contributed by atoms with van der Waals surface area (Å²) in [4.78, 5) is 26.9. The van der Waals surface area contributed by atoms with Crippen LogP contribution in [0.5, 0.6) is 0 Å². The topological polar surface area (TPSA) is 53.7 Å². The molecule has 6 rings (SSSR count). The zero-order valence-corrected chi connectivity index (χ0v) is 24.2. The summed E-state index contributed by atoms with van der Waals surface area (Å²) >= 11 is 0. The van der Waals surface area contributed by atoms with Crippen LogP contribution in [0, 0.1) is 25.6 Å². The molecule has 1 saturated carbocycles. The molecule has 3 aliphatic rings. The predicted octanol–water partition coefficient (Wildman–Crippen LogP) is 9.38. The number of nitrogens with zero attached hydrogens (tertiary/aromatic N) is 5. The number of benzene rings is 2. The molecule has 18 heteroatoms. The van der Waals surface area contributed by atoms with Gasteiger partial charge in [-0.3, -0.25) is 14.4 Å². The maximum Gasteiger partial charge on any atom is 0.279 e. The number of halogens is 12. The van der Waals surface area contributed by atoms with Crippen LogP contribution in [0.25, 0.3) is 11.8 Å². The number of fused-ring (bicyclic) bond motifs is 1. The van der Waals surface area contributed by atoms with Crippen molar-refractivity contribution in [1.29, 1.82) is 0 Å². The molecule has 0 bridgehead atoms. The summed E-state index contributed by atoms with van der Waals surface area (Å²) in [6.45, 7) is 5.80. The molecule has 2 fully saturated rings. The van der Waals surface area contributed by atoms with Crippen molar-refractivity contribution in [3.05, 3.63) is 88.9 Å². The smallest absolute Gasteiger partial charge is 0.279 e. The Morgan fingerprint density at radius 3 is 2.00 bits per heavy atom. The molecule has 1 amide bonds. The van der Waals surface area contributed by atoms with E-state index in [2.05, 4.69) is 22.9 Å². The highest BCUT2D eigenvalue weighted by molar-refractivity contribution is 6.14. The van der Waals surface area contributed by atoms with Gasteiger partial charge in [0.2, 0.25) is 5.96 Å². The van der Waals surface area contributed by atoms with E-state index in [0.717, 1.165) is 53.5 Å². The minimum Gasteiger partial charge on any atom is -0.342 e. The number of aryl methyl sites for hydroxylation is 2. The Balaban J connectivity index is 0.00000169. The highest BCUT2D eigenvalue weighted by Gasteiger charge is 2.43. The average molecular weight is 680 g/mol. The molecule has 0 radical (unpaired) electrons. The zero-order chi connectivity index (χ0) is 34.1. The molecule has 1 aromatic heterocycles. The van der Waals surface area contributed by atoms with E-state index in [1.54, 1.807) is 12.1 Å². The van der Waals surface area contributed by atoms with Gasteiger partial charge in [-0.15, -0.1) is 0 Å². The third kappa shape index (κ3) is 10.3. The Labute approximate surface area is 255 Å². The number of aromatic nitrogens is 2.